The molecule has 1 aromatic rings. The van der Waals surface area contributed by atoms with Gasteiger partial charge in [-0.3, -0.25) is 14.3 Å². The molecule has 0 saturated carbocycles. The largest absolute Gasteiger partial charge is 0.354 e. The molecule has 2 heterocycles. The Labute approximate surface area is 99.4 Å². The normalized spacial score (nSPS) is 20.5. The molecule has 2 rings (SSSR count). The van der Waals surface area contributed by atoms with Crippen molar-refractivity contribution in [3.63, 3.8) is 0 Å². The summed E-state index contributed by atoms with van der Waals surface area (Å²) in [6.45, 7) is 0.848. The Morgan fingerprint density at radius 3 is 3.24 bits per heavy atom. The van der Waals surface area contributed by atoms with Gasteiger partial charge in [-0.2, -0.15) is 5.10 Å². The topological polar surface area (TPSA) is 76.0 Å². The standard InChI is InChI=1S/C11H16N4O2/c16-10(8-15-7-3-6-13-15)14-9-4-1-2-5-12-11(9)17/h3,6-7,9H,1-2,4-5,8H2,(H,12,17)(H,14,16). The molecule has 0 radical (unpaired) electrons. The molecule has 2 N–H and O–H groups in total. The monoisotopic (exact) mass is 236 g/mol. The minimum Gasteiger partial charge on any atom is -0.354 e. The van der Waals surface area contributed by atoms with Gasteiger partial charge in [-0.15, -0.1) is 0 Å². The molecule has 6 nitrogen and oxygen atoms in total. The van der Waals surface area contributed by atoms with Crippen LogP contribution in [0.5, 0.6) is 0 Å². The minimum absolute atomic E-state index is 0.0867. The number of hydrogen-bond donors (Lipinski definition) is 2. The van der Waals surface area contributed by atoms with Crippen LogP contribution in [0.25, 0.3) is 0 Å². The average molecular weight is 236 g/mol. The molecule has 0 aromatic carbocycles. The highest BCUT2D eigenvalue weighted by Crippen LogP contribution is 2.05. The summed E-state index contributed by atoms with van der Waals surface area (Å²) in [4.78, 5) is 23.3. The van der Waals surface area contributed by atoms with Crippen LogP contribution in [0.1, 0.15) is 19.3 Å². The molecule has 1 fully saturated rings. The van der Waals surface area contributed by atoms with Crippen molar-refractivity contribution in [2.75, 3.05) is 6.54 Å². The molecule has 1 atom stereocenters. The molecule has 2 amide bonds. The quantitative estimate of drug-likeness (QED) is 0.754. The molecule has 0 bridgehead atoms. The van der Waals surface area contributed by atoms with Crippen molar-refractivity contribution >= 4 is 11.8 Å². The SMILES string of the molecule is O=C(Cn1cccn1)NC1CCCCNC1=O. The first-order chi connectivity index (χ1) is 8.25. The number of hydrogen-bond acceptors (Lipinski definition) is 3. The smallest absolute Gasteiger partial charge is 0.242 e. The van der Waals surface area contributed by atoms with Crippen LogP contribution in [0.3, 0.4) is 0 Å². The summed E-state index contributed by atoms with van der Waals surface area (Å²) in [6.07, 6.45) is 5.96. The number of nitrogens with zero attached hydrogens (tertiary/aromatic N) is 2. The summed E-state index contributed by atoms with van der Waals surface area (Å²) in [7, 11) is 0. The van der Waals surface area contributed by atoms with Crippen molar-refractivity contribution in [1.29, 1.82) is 0 Å². The van der Waals surface area contributed by atoms with E-state index in [1.165, 1.54) is 4.68 Å². The van der Waals surface area contributed by atoms with E-state index in [4.69, 9.17) is 0 Å². The van der Waals surface area contributed by atoms with Crippen molar-refractivity contribution in [3.8, 4) is 0 Å². The third-order valence-electron chi connectivity index (χ3n) is 2.74. The summed E-state index contributed by atoms with van der Waals surface area (Å²) in [5.41, 5.74) is 0. The van der Waals surface area contributed by atoms with Crippen LogP contribution < -0.4 is 10.6 Å². The zero-order chi connectivity index (χ0) is 12.1. The first kappa shape index (κ1) is 11.6. The van der Waals surface area contributed by atoms with Crippen molar-refractivity contribution in [2.45, 2.75) is 31.8 Å². The van der Waals surface area contributed by atoms with Crippen LogP contribution in [0.2, 0.25) is 0 Å². The average Bonchev–Trinajstić information content (AvgIpc) is 2.71. The fourth-order valence-corrected chi connectivity index (χ4v) is 1.86. The lowest BCUT2D eigenvalue weighted by atomic mass is 10.1. The van der Waals surface area contributed by atoms with Gasteiger partial charge < -0.3 is 10.6 Å². The van der Waals surface area contributed by atoms with Crippen LogP contribution >= 0.6 is 0 Å². The van der Waals surface area contributed by atoms with Crippen LogP contribution in [0.4, 0.5) is 0 Å². The Kier molecular flexibility index (Phi) is 3.74. The number of aromatic nitrogens is 2. The lowest BCUT2D eigenvalue weighted by Crippen LogP contribution is -2.46. The van der Waals surface area contributed by atoms with E-state index in [2.05, 4.69) is 15.7 Å². The number of nitrogens with one attached hydrogen (secondary N) is 2. The van der Waals surface area contributed by atoms with E-state index in [9.17, 15) is 9.59 Å². The minimum atomic E-state index is -0.402. The van der Waals surface area contributed by atoms with Crippen molar-refractivity contribution < 1.29 is 9.59 Å². The predicted molar refractivity (Wildman–Crippen MR) is 61.0 cm³/mol. The van der Waals surface area contributed by atoms with E-state index in [0.717, 1.165) is 12.8 Å². The molecule has 92 valence electrons. The van der Waals surface area contributed by atoms with Gasteiger partial charge in [-0.05, 0) is 25.3 Å². The number of amides is 2. The maximum atomic E-state index is 11.7. The molecule has 1 aliphatic heterocycles. The lowest BCUT2D eigenvalue weighted by molar-refractivity contribution is -0.129. The maximum absolute atomic E-state index is 11.7. The van der Waals surface area contributed by atoms with E-state index in [1.54, 1.807) is 18.5 Å². The van der Waals surface area contributed by atoms with E-state index < -0.39 is 6.04 Å². The van der Waals surface area contributed by atoms with Gasteiger partial charge in [0.25, 0.3) is 0 Å². The first-order valence-corrected chi connectivity index (χ1v) is 5.80. The highest BCUT2D eigenvalue weighted by molar-refractivity contribution is 5.87. The van der Waals surface area contributed by atoms with Crippen molar-refractivity contribution in [1.82, 2.24) is 20.4 Å². The van der Waals surface area contributed by atoms with E-state index >= 15 is 0 Å². The van der Waals surface area contributed by atoms with Crippen molar-refractivity contribution in [2.24, 2.45) is 0 Å². The highest BCUT2D eigenvalue weighted by atomic mass is 16.2. The number of carbonyl (C=O) groups is 2. The fourth-order valence-electron chi connectivity index (χ4n) is 1.86. The third kappa shape index (κ3) is 3.30. The third-order valence-corrected chi connectivity index (χ3v) is 2.74. The van der Waals surface area contributed by atoms with Gasteiger partial charge >= 0.3 is 0 Å². The van der Waals surface area contributed by atoms with Gasteiger partial charge in [0.15, 0.2) is 0 Å². The molecule has 6 heteroatoms. The van der Waals surface area contributed by atoms with Crippen LogP contribution in [0, 0.1) is 0 Å². The second-order valence-electron chi connectivity index (χ2n) is 4.11. The molecule has 0 spiro atoms. The molecule has 0 aliphatic carbocycles. The second-order valence-corrected chi connectivity index (χ2v) is 4.11. The molecular formula is C11H16N4O2. The Morgan fingerprint density at radius 1 is 1.59 bits per heavy atom. The van der Waals surface area contributed by atoms with Gasteiger partial charge in [0.05, 0.1) is 0 Å². The highest BCUT2D eigenvalue weighted by Gasteiger charge is 2.22. The van der Waals surface area contributed by atoms with Crippen molar-refractivity contribution in [3.05, 3.63) is 18.5 Å². The van der Waals surface area contributed by atoms with Gasteiger partial charge in [0, 0.05) is 18.9 Å². The Morgan fingerprint density at radius 2 is 2.47 bits per heavy atom. The summed E-state index contributed by atoms with van der Waals surface area (Å²) in [5, 5.41) is 9.46. The molecular weight excluding hydrogens is 220 g/mol. The summed E-state index contributed by atoms with van der Waals surface area (Å²) >= 11 is 0. The van der Waals surface area contributed by atoms with Gasteiger partial charge in [0.1, 0.15) is 12.6 Å². The Bertz CT molecular complexity index is 388. The number of carbonyl (C=O) groups excluding carboxylic acids is 2. The summed E-state index contributed by atoms with van der Waals surface area (Å²) in [5.74, 6) is -0.271. The van der Waals surface area contributed by atoms with Crippen LogP contribution in [-0.4, -0.2) is 34.2 Å². The van der Waals surface area contributed by atoms with Gasteiger partial charge in [0.2, 0.25) is 11.8 Å². The predicted octanol–water partition coefficient (Wildman–Crippen LogP) is -0.332. The van der Waals surface area contributed by atoms with Gasteiger partial charge in [-0.1, -0.05) is 0 Å². The Balaban J connectivity index is 1.86. The Hall–Kier alpha value is -1.85. The number of rotatable bonds is 3. The molecule has 1 aromatic heterocycles. The zero-order valence-corrected chi connectivity index (χ0v) is 9.56. The lowest BCUT2D eigenvalue weighted by Gasteiger charge is -2.15. The molecule has 1 saturated heterocycles. The van der Waals surface area contributed by atoms with E-state index in [-0.39, 0.29) is 18.4 Å². The summed E-state index contributed by atoms with van der Waals surface area (Å²) in [6, 6.07) is 1.35. The van der Waals surface area contributed by atoms with Gasteiger partial charge in [-0.25, -0.2) is 0 Å². The fraction of sp³-hybridized carbons (Fsp3) is 0.545. The van der Waals surface area contributed by atoms with E-state index in [1.807, 2.05) is 0 Å². The van der Waals surface area contributed by atoms with E-state index in [0.29, 0.717) is 13.0 Å². The summed E-state index contributed by atoms with van der Waals surface area (Å²) < 4.78 is 1.53. The first-order valence-electron chi connectivity index (χ1n) is 5.80. The molecule has 1 aliphatic rings. The molecule has 17 heavy (non-hydrogen) atoms. The van der Waals surface area contributed by atoms with Crippen LogP contribution in [0.15, 0.2) is 18.5 Å². The van der Waals surface area contributed by atoms with Crippen LogP contribution in [-0.2, 0) is 16.1 Å². The maximum Gasteiger partial charge on any atom is 0.242 e. The zero-order valence-electron chi connectivity index (χ0n) is 9.56. The second kappa shape index (κ2) is 5.47. The molecule has 1 unspecified atom stereocenters.